The maximum Gasteiger partial charge on any atom is 0.293 e. The molecule has 0 amide bonds. The Hall–Kier alpha value is -2.46. The Bertz CT molecular complexity index is 964. The van der Waals surface area contributed by atoms with Gasteiger partial charge in [-0.15, -0.1) is 0 Å². The van der Waals surface area contributed by atoms with E-state index in [-0.39, 0.29) is 16.3 Å². The number of hydrogen-bond acceptors (Lipinski definition) is 6. The van der Waals surface area contributed by atoms with E-state index in [1.165, 1.54) is 16.4 Å². The average Bonchev–Trinajstić information content (AvgIpc) is 3.06. The van der Waals surface area contributed by atoms with Crippen LogP contribution in [0.2, 0.25) is 0 Å². The molecule has 2 heterocycles. The van der Waals surface area contributed by atoms with E-state index in [0.29, 0.717) is 19.6 Å². The second-order valence-corrected chi connectivity index (χ2v) is 8.82. The number of sulfonamides is 1. The minimum Gasteiger partial charge on any atom is -0.375 e. The lowest BCUT2D eigenvalue weighted by molar-refractivity contribution is -0.384. The van der Waals surface area contributed by atoms with Gasteiger partial charge in [0.25, 0.3) is 5.69 Å². The molecule has 152 valence electrons. The number of aromatic nitrogens is 2. The standard InChI is InChI=1S/C18H25N5O4S/c1-3-16-14(13-21(2)20-16)12-19-17-8-7-15(11-18(17)23(24)25)28(26,27)22-9-5-4-6-10-22/h7-8,11,13,19H,3-6,9-10,12H2,1-2H3. The number of anilines is 1. The number of benzene rings is 1. The molecule has 0 atom stereocenters. The lowest BCUT2D eigenvalue weighted by Gasteiger charge is -2.25. The van der Waals surface area contributed by atoms with Crippen molar-refractivity contribution in [3.8, 4) is 0 Å². The molecule has 0 bridgehead atoms. The quantitative estimate of drug-likeness (QED) is 0.558. The van der Waals surface area contributed by atoms with Crippen molar-refractivity contribution in [2.45, 2.75) is 44.0 Å². The van der Waals surface area contributed by atoms with Gasteiger partial charge in [-0.2, -0.15) is 9.40 Å². The van der Waals surface area contributed by atoms with Gasteiger partial charge in [0.2, 0.25) is 10.0 Å². The summed E-state index contributed by atoms with van der Waals surface area (Å²) in [6, 6.07) is 4.05. The summed E-state index contributed by atoms with van der Waals surface area (Å²) >= 11 is 0. The van der Waals surface area contributed by atoms with Gasteiger partial charge in [-0.3, -0.25) is 14.8 Å². The fraction of sp³-hybridized carbons (Fsp3) is 0.500. The van der Waals surface area contributed by atoms with Crippen molar-refractivity contribution in [1.29, 1.82) is 0 Å². The molecular formula is C18H25N5O4S. The van der Waals surface area contributed by atoms with E-state index in [0.717, 1.165) is 43.0 Å². The van der Waals surface area contributed by atoms with Crippen LogP contribution in [0.3, 0.4) is 0 Å². The van der Waals surface area contributed by atoms with Crippen molar-refractivity contribution >= 4 is 21.4 Å². The SMILES string of the molecule is CCc1nn(C)cc1CNc1ccc(S(=O)(=O)N2CCCCC2)cc1[N+](=O)[O-]. The Kier molecular flexibility index (Phi) is 5.99. The van der Waals surface area contributed by atoms with Crippen LogP contribution in [0.5, 0.6) is 0 Å². The van der Waals surface area contributed by atoms with Crippen LogP contribution in [0.15, 0.2) is 29.3 Å². The number of nitro benzene ring substituents is 1. The molecule has 0 saturated carbocycles. The minimum absolute atomic E-state index is 0.0396. The summed E-state index contributed by atoms with van der Waals surface area (Å²) in [6.45, 7) is 3.28. The van der Waals surface area contributed by atoms with Gasteiger partial charge in [-0.05, 0) is 31.4 Å². The molecule has 9 nitrogen and oxygen atoms in total. The van der Waals surface area contributed by atoms with E-state index < -0.39 is 14.9 Å². The number of piperidine rings is 1. The maximum absolute atomic E-state index is 12.8. The molecule has 0 radical (unpaired) electrons. The Morgan fingerprint density at radius 3 is 2.61 bits per heavy atom. The Labute approximate surface area is 164 Å². The molecule has 0 spiro atoms. The van der Waals surface area contributed by atoms with E-state index in [1.54, 1.807) is 4.68 Å². The molecule has 10 heteroatoms. The first-order valence-corrected chi connectivity index (χ1v) is 10.8. The van der Waals surface area contributed by atoms with E-state index in [2.05, 4.69) is 10.4 Å². The summed E-state index contributed by atoms with van der Waals surface area (Å²) in [6.07, 6.45) is 5.25. The molecule has 0 unspecified atom stereocenters. The van der Waals surface area contributed by atoms with Gasteiger partial charge in [0.05, 0.1) is 15.5 Å². The topological polar surface area (TPSA) is 110 Å². The summed E-state index contributed by atoms with van der Waals surface area (Å²) < 4.78 is 28.7. The van der Waals surface area contributed by atoms with Gasteiger partial charge >= 0.3 is 0 Å². The molecule has 3 rings (SSSR count). The molecule has 1 aromatic heterocycles. The molecule has 1 aromatic carbocycles. The second kappa shape index (κ2) is 8.27. The van der Waals surface area contributed by atoms with Crippen molar-refractivity contribution in [1.82, 2.24) is 14.1 Å². The summed E-state index contributed by atoms with van der Waals surface area (Å²) in [7, 11) is -1.90. The van der Waals surface area contributed by atoms with Gasteiger partial charge in [-0.25, -0.2) is 8.42 Å². The third-order valence-electron chi connectivity index (χ3n) is 4.91. The molecule has 2 aromatic rings. The van der Waals surface area contributed by atoms with Crippen LogP contribution in [0.4, 0.5) is 11.4 Å². The number of hydrogen-bond donors (Lipinski definition) is 1. The van der Waals surface area contributed by atoms with Crippen molar-refractivity contribution < 1.29 is 13.3 Å². The molecule has 1 fully saturated rings. The van der Waals surface area contributed by atoms with Crippen molar-refractivity contribution in [3.05, 3.63) is 45.8 Å². The molecule has 28 heavy (non-hydrogen) atoms. The van der Waals surface area contributed by atoms with Crippen molar-refractivity contribution in [2.75, 3.05) is 18.4 Å². The number of nitro groups is 1. The van der Waals surface area contributed by atoms with E-state index in [9.17, 15) is 18.5 Å². The average molecular weight is 407 g/mol. The van der Waals surface area contributed by atoms with Crippen molar-refractivity contribution in [3.63, 3.8) is 0 Å². The predicted octanol–water partition coefficient (Wildman–Crippen LogP) is 2.68. The molecule has 1 aliphatic rings. The first-order chi connectivity index (χ1) is 13.3. The third-order valence-corrected chi connectivity index (χ3v) is 6.81. The van der Waals surface area contributed by atoms with Crippen LogP contribution in [-0.4, -0.2) is 40.5 Å². The zero-order valence-electron chi connectivity index (χ0n) is 16.1. The van der Waals surface area contributed by atoms with Crippen molar-refractivity contribution in [2.24, 2.45) is 7.05 Å². The zero-order chi connectivity index (χ0) is 20.3. The summed E-state index contributed by atoms with van der Waals surface area (Å²) in [5.41, 5.74) is 1.90. The summed E-state index contributed by atoms with van der Waals surface area (Å²) in [5.74, 6) is 0. The highest BCUT2D eigenvalue weighted by atomic mass is 32.2. The van der Waals surface area contributed by atoms with Crippen LogP contribution in [-0.2, 0) is 30.0 Å². The number of nitrogens with zero attached hydrogens (tertiary/aromatic N) is 4. The highest BCUT2D eigenvalue weighted by Gasteiger charge is 2.28. The van der Waals surface area contributed by atoms with Gasteiger partial charge in [-0.1, -0.05) is 13.3 Å². The lowest BCUT2D eigenvalue weighted by Crippen LogP contribution is -2.35. The highest BCUT2D eigenvalue weighted by Crippen LogP contribution is 2.30. The molecular weight excluding hydrogens is 382 g/mol. The number of rotatable bonds is 7. The van der Waals surface area contributed by atoms with Gasteiger partial charge < -0.3 is 5.32 Å². The predicted molar refractivity (Wildman–Crippen MR) is 106 cm³/mol. The number of aryl methyl sites for hydroxylation is 2. The summed E-state index contributed by atoms with van der Waals surface area (Å²) in [4.78, 5) is 11.0. The van der Waals surface area contributed by atoms with Gasteiger partial charge in [0.1, 0.15) is 5.69 Å². The van der Waals surface area contributed by atoms with Gasteiger partial charge in [0.15, 0.2) is 0 Å². The van der Waals surface area contributed by atoms with Crippen LogP contribution in [0.25, 0.3) is 0 Å². The van der Waals surface area contributed by atoms with Crippen LogP contribution >= 0.6 is 0 Å². The molecule has 1 saturated heterocycles. The Balaban J connectivity index is 1.86. The first-order valence-electron chi connectivity index (χ1n) is 9.36. The monoisotopic (exact) mass is 407 g/mol. The normalized spacial score (nSPS) is 15.5. The Morgan fingerprint density at radius 2 is 1.96 bits per heavy atom. The second-order valence-electron chi connectivity index (χ2n) is 6.88. The number of nitrogens with one attached hydrogen (secondary N) is 1. The maximum atomic E-state index is 12.8. The molecule has 1 aliphatic heterocycles. The van der Waals surface area contributed by atoms with Crippen LogP contribution in [0.1, 0.15) is 37.4 Å². The van der Waals surface area contributed by atoms with Crippen LogP contribution < -0.4 is 5.32 Å². The van der Waals surface area contributed by atoms with E-state index in [4.69, 9.17) is 0 Å². The van der Waals surface area contributed by atoms with E-state index >= 15 is 0 Å². The third kappa shape index (κ3) is 4.17. The van der Waals surface area contributed by atoms with Crippen LogP contribution in [0, 0.1) is 10.1 Å². The highest BCUT2D eigenvalue weighted by molar-refractivity contribution is 7.89. The Morgan fingerprint density at radius 1 is 1.25 bits per heavy atom. The lowest BCUT2D eigenvalue weighted by atomic mass is 10.2. The zero-order valence-corrected chi connectivity index (χ0v) is 16.9. The smallest absolute Gasteiger partial charge is 0.293 e. The summed E-state index contributed by atoms with van der Waals surface area (Å²) in [5, 5.41) is 19.0. The van der Waals surface area contributed by atoms with E-state index in [1.807, 2.05) is 20.2 Å². The molecule has 1 N–H and O–H groups in total. The fourth-order valence-corrected chi connectivity index (χ4v) is 4.98. The fourth-order valence-electron chi connectivity index (χ4n) is 3.45. The minimum atomic E-state index is -3.72. The molecule has 0 aliphatic carbocycles. The van der Waals surface area contributed by atoms with Gasteiger partial charge in [0, 0.05) is 44.5 Å². The first kappa shape index (κ1) is 20.3. The largest absolute Gasteiger partial charge is 0.375 e.